The van der Waals surface area contributed by atoms with Crippen LogP contribution in [0.3, 0.4) is 0 Å². The van der Waals surface area contributed by atoms with Crippen molar-refractivity contribution >= 4 is 23.4 Å². The first-order chi connectivity index (χ1) is 8.58. The van der Waals surface area contributed by atoms with E-state index in [4.69, 9.17) is 0 Å². The van der Waals surface area contributed by atoms with Crippen LogP contribution in [0.2, 0.25) is 0 Å². The molecule has 1 fully saturated rings. The monoisotopic (exact) mass is 270 g/mol. The molecule has 1 aromatic rings. The normalized spacial score (nSPS) is 18.6. The zero-order valence-corrected chi connectivity index (χ0v) is 10.2. The average molecular weight is 270 g/mol. The van der Waals surface area contributed by atoms with E-state index in [9.17, 15) is 19.3 Å². The molecule has 96 valence electrons. The number of benzene rings is 1. The van der Waals surface area contributed by atoms with Crippen molar-refractivity contribution in [2.75, 3.05) is 11.5 Å². The van der Waals surface area contributed by atoms with Crippen molar-refractivity contribution < 1.29 is 14.1 Å². The van der Waals surface area contributed by atoms with Gasteiger partial charge in [0.2, 0.25) is 0 Å². The molecule has 1 N–H and O–H groups in total. The second-order valence-electron chi connectivity index (χ2n) is 3.96. The lowest BCUT2D eigenvalue weighted by atomic mass is 10.1. The summed E-state index contributed by atoms with van der Waals surface area (Å²) in [7, 11) is 0. The number of nitro groups is 1. The van der Waals surface area contributed by atoms with E-state index < -0.39 is 16.6 Å². The number of nitrogens with zero attached hydrogens (tertiary/aromatic N) is 1. The third-order valence-electron chi connectivity index (χ3n) is 2.67. The fourth-order valence-corrected chi connectivity index (χ4v) is 2.86. The predicted octanol–water partition coefficient (Wildman–Crippen LogP) is 1.97. The molecule has 2 rings (SSSR count). The molecule has 1 unspecified atom stereocenters. The molecule has 1 atom stereocenters. The Kier molecular flexibility index (Phi) is 3.81. The van der Waals surface area contributed by atoms with Gasteiger partial charge in [0, 0.05) is 23.9 Å². The molecule has 0 aliphatic carbocycles. The molecule has 0 aromatic heterocycles. The van der Waals surface area contributed by atoms with E-state index in [1.165, 1.54) is 0 Å². The number of hydrogen-bond acceptors (Lipinski definition) is 4. The molecule has 1 aromatic carbocycles. The number of rotatable bonds is 3. The van der Waals surface area contributed by atoms with E-state index in [1.807, 2.05) is 0 Å². The quantitative estimate of drug-likeness (QED) is 0.673. The van der Waals surface area contributed by atoms with Crippen molar-refractivity contribution in [3.05, 3.63) is 39.7 Å². The second-order valence-corrected chi connectivity index (χ2v) is 5.11. The van der Waals surface area contributed by atoms with Gasteiger partial charge >= 0.3 is 0 Å². The lowest BCUT2D eigenvalue weighted by Gasteiger charge is -2.11. The van der Waals surface area contributed by atoms with E-state index in [1.54, 1.807) is 11.8 Å². The molecular formula is C11H11FN2O3S. The van der Waals surface area contributed by atoms with Crippen LogP contribution in [0.5, 0.6) is 0 Å². The van der Waals surface area contributed by atoms with Gasteiger partial charge in [0.1, 0.15) is 5.82 Å². The fraction of sp³-hybridized carbons (Fsp3) is 0.364. The van der Waals surface area contributed by atoms with Crippen LogP contribution in [0.4, 0.5) is 10.1 Å². The molecule has 1 aliphatic heterocycles. The summed E-state index contributed by atoms with van der Waals surface area (Å²) in [5, 5.41) is 13.3. The third-order valence-corrected chi connectivity index (χ3v) is 3.83. The van der Waals surface area contributed by atoms with Gasteiger partial charge in [0.05, 0.1) is 10.5 Å². The SMILES string of the molecule is O=C(NC1CCSC1)c1cc([N+](=O)[O-])ccc1F. The molecule has 0 bridgehead atoms. The Morgan fingerprint density at radius 2 is 2.33 bits per heavy atom. The van der Waals surface area contributed by atoms with Crippen LogP contribution in [0, 0.1) is 15.9 Å². The summed E-state index contributed by atoms with van der Waals surface area (Å²) in [6.07, 6.45) is 0.840. The van der Waals surface area contributed by atoms with Gasteiger partial charge in [0.25, 0.3) is 11.6 Å². The van der Waals surface area contributed by atoms with Crippen LogP contribution < -0.4 is 5.32 Å². The number of amides is 1. The molecule has 1 aliphatic rings. The van der Waals surface area contributed by atoms with E-state index in [0.29, 0.717) is 0 Å². The van der Waals surface area contributed by atoms with Gasteiger partial charge in [0.15, 0.2) is 0 Å². The maximum Gasteiger partial charge on any atom is 0.270 e. The number of carbonyl (C=O) groups is 1. The minimum Gasteiger partial charge on any atom is -0.348 e. The van der Waals surface area contributed by atoms with E-state index in [-0.39, 0.29) is 17.3 Å². The molecule has 1 amide bonds. The highest BCUT2D eigenvalue weighted by molar-refractivity contribution is 7.99. The van der Waals surface area contributed by atoms with Crippen LogP contribution in [-0.4, -0.2) is 28.4 Å². The van der Waals surface area contributed by atoms with Gasteiger partial charge in [-0.3, -0.25) is 14.9 Å². The van der Waals surface area contributed by atoms with Gasteiger partial charge in [-0.2, -0.15) is 11.8 Å². The lowest BCUT2D eigenvalue weighted by Crippen LogP contribution is -2.35. The Hall–Kier alpha value is -1.63. The molecule has 5 nitrogen and oxygen atoms in total. The summed E-state index contributed by atoms with van der Waals surface area (Å²) in [4.78, 5) is 21.7. The maximum absolute atomic E-state index is 13.5. The van der Waals surface area contributed by atoms with Crippen molar-refractivity contribution in [2.45, 2.75) is 12.5 Å². The highest BCUT2D eigenvalue weighted by Gasteiger charge is 2.22. The smallest absolute Gasteiger partial charge is 0.270 e. The van der Waals surface area contributed by atoms with Crippen LogP contribution >= 0.6 is 11.8 Å². The number of halogens is 1. The van der Waals surface area contributed by atoms with Gasteiger partial charge in [-0.05, 0) is 18.2 Å². The summed E-state index contributed by atoms with van der Waals surface area (Å²) in [6.45, 7) is 0. The molecule has 7 heteroatoms. The summed E-state index contributed by atoms with van der Waals surface area (Å²) in [6, 6.07) is 2.96. The highest BCUT2D eigenvalue weighted by atomic mass is 32.2. The molecular weight excluding hydrogens is 259 g/mol. The van der Waals surface area contributed by atoms with Crippen LogP contribution in [0.25, 0.3) is 0 Å². The minimum atomic E-state index is -0.747. The second kappa shape index (κ2) is 5.34. The summed E-state index contributed by atoms with van der Waals surface area (Å²) in [5.41, 5.74) is -0.566. The fourth-order valence-electron chi connectivity index (χ4n) is 1.71. The van der Waals surface area contributed by atoms with Crippen LogP contribution in [0.15, 0.2) is 18.2 Å². The Morgan fingerprint density at radius 3 is 2.94 bits per heavy atom. The summed E-state index contributed by atoms with van der Waals surface area (Å²) >= 11 is 1.71. The molecule has 0 saturated carbocycles. The largest absolute Gasteiger partial charge is 0.348 e. The van der Waals surface area contributed by atoms with Gasteiger partial charge in [-0.1, -0.05) is 0 Å². The minimum absolute atomic E-state index is 0.0150. The maximum atomic E-state index is 13.5. The predicted molar refractivity (Wildman–Crippen MR) is 66.3 cm³/mol. The highest BCUT2D eigenvalue weighted by Crippen LogP contribution is 2.20. The molecule has 1 saturated heterocycles. The van der Waals surface area contributed by atoms with Crippen molar-refractivity contribution in [2.24, 2.45) is 0 Å². The Balaban J connectivity index is 2.17. The van der Waals surface area contributed by atoms with E-state index >= 15 is 0 Å². The van der Waals surface area contributed by atoms with Crippen molar-refractivity contribution in [3.8, 4) is 0 Å². The van der Waals surface area contributed by atoms with Gasteiger partial charge < -0.3 is 5.32 Å². The first-order valence-corrected chi connectivity index (χ1v) is 6.56. The first-order valence-electron chi connectivity index (χ1n) is 5.40. The van der Waals surface area contributed by atoms with Crippen LogP contribution in [0.1, 0.15) is 16.8 Å². The lowest BCUT2D eigenvalue weighted by molar-refractivity contribution is -0.384. The average Bonchev–Trinajstić information content (AvgIpc) is 2.81. The Labute approximate surface area is 107 Å². The topological polar surface area (TPSA) is 72.2 Å². The molecule has 0 radical (unpaired) electrons. The number of thioether (sulfide) groups is 1. The number of hydrogen-bond donors (Lipinski definition) is 1. The zero-order chi connectivity index (χ0) is 13.1. The van der Waals surface area contributed by atoms with Crippen molar-refractivity contribution in [1.29, 1.82) is 0 Å². The standard InChI is InChI=1S/C11H11FN2O3S/c12-10-2-1-8(14(16)17)5-9(10)11(15)13-7-3-4-18-6-7/h1-2,5,7H,3-4,6H2,(H,13,15). The summed E-state index contributed by atoms with van der Waals surface area (Å²) in [5.74, 6) is 0.414. The van der Waals surface area contributed by atoms with Crippen LogP contribution in [-0.2, 0) is 0 Å². The number of carbonyl (C=O) groups excluding carboxylic acids is 1. The molecule has 0 spiro atoms. The van der Waals surface area contributed by atoms with E-state index in [0.717, 1.165) is 36.1 Å². The number of nitro benzene ring substituents is 1. The zero-order valence-electron chi connectivity index (χ0n) is 9.39. The number of nitrogens with one attached hydrogen (secondary N) is 1. The first kappa shape index (κ1) is 12.8. The van der Waals surface area contributed by atoms with Crippen molar-refractivity contribution in [1.82, 2.24) is 5.32 Å². The van der Waals surface area contributed by atoms with Gasteiger partial charge in [-0.15, -0.1) is 0 Å². The van der Waals surface area contributed by atoms with Gasteiger partial charge in [-0.25, -0.2) is 4.39 Å². The van der Waals surface area contributed by atoms with Crippen molar-refractivity contribution in [3.63, 3.8) is 0 Å². The molecule has 18 heavy (non-hydrogen) atoms. The Bertz CT molecular complexity index is 489. The number of non-ortho nitro benzene ring substituents is 1. The molecule has 1 heterocycles. The third kappa shape index (κ3) is 2.79. The van der Waals surface area contributed by atoms with E-state index in [2.05, 4.69) is 5.32 Å². The Morgan fingerprint density at radius 1 is 1.56 bits per heavy atom. The summed E-state index contributed by atoms with van der Waals surface area (Å²) < 4.78 is 13.5.